The Bertz CT molecular complexity index is 791. The maximum Gasteiger partial charge on any atom is 0.174 e. The number of hydrogen-bond donors (Lipinski definition) is 1. The van der Waals surface area contributed by atoms with E-state index in [0.717, 1.165) is 37.3 Å². The van der Waals surface area contributed by atoms with Gasteiger partial charge in [-0.3, -0.25) is 4.79 Å². The van der Waals surface area contributed by atoms with Crippen molar-refractivity contribution >= 4 is 12.1 Å². The molecule has 5 atom stereocenters. The molecule has 1 saturated heterocycles. The molecule has 1 unspecified atom stereocenters. The summed E-state index contributed by atoms with van der Waals surface area (Å²) >= 11 is 0. The number of nitrogens with zero attached hydrogens (tertiary/aromatic N) is 1. The molecule has 1 spiro atoms. The fraction of sp³-hybridized carbons (Fsp3) is 0.636. The largest absolute Gasteiger partial charge is 0.493 e. The monoisotopic (exact) mass is 387 g/mol. The zero-order valence-corrected chi connectivity index (χ0v) is 16.8. The molecule has 28 heavy (non-hydrogen) atoms. The second kappa shape index (κ2) is 7.16. The van der Waals surface area contributed by atoms with Gasteiger partial charge in [0.25, 0.3) is 0 Å². The van der Waals surface area contributed by atoms with E-state index in [1.807, 2.05) is 6.07 Å². The maximum atomic E-state index is 12.6. The summed E-state index contributed by atoms with van der Waals surface area (Å²) in [5.41, 5.74) is 2.57. The van der Waals surface area contributed by atoms with Gasteiger partial charge in [-0.15, -0.1) is 0 Å². The Hall–Kier alpha value is -1.92. The van der Waals surface area contributed by atoms with Gasteiger partial charge in [-0.05, 0) is 57.3 Å². The Morgan fingerprint density at radius 2 is 2.25 bits per heavy atom. The zero-order chi connectivity index (χ0) is 20.1. The lowest BCUT2D eigenvalue weighted by Crippen LogP contribution is -2.65. The first kappa shape index (κ1) is 19.4. The number of likely N-dealkylation sites (N-methyl/N-ethyl adjacent to an activating group) is 1. The van der Waals surface area contributed by atoms with Gasteiger partial charge in [0.1, 0.15) is 6.29 Å². The molecule has 6 nitrogen and oxygen atoms in total. The standard InChI is InChI=1S/C18H21NO3.C4H8O2/c1-19-8-7-18-11-4-5-13(20)17(18)22-16-14(21-2)6-3-10(15(16)18)9-12(11)19;1-4(6)2-3-5/h3,6,11-12,17H,4-5,7-9H2,1-2H3;3-4,6H,2H2,1H3/t11-,12+,17-,18-;/m0./s1. The molecule has 0 aromatic heterocycles. The highest BCUT2D eigenvalue weighted by Crippen LogP contribution is 2.63. The molecule has 2 heterocycles. The summed E-state index contributed by atoms with van der Waals surface area (Å²) in [6.07, 6.45) is 3.95. The highest BCUT2D eigenvalue weighted by atomic mass is 16.5. The van der Waals surface area contributed by atoms with Crippen LogP contribution < -0.4 is 9.47 Å². The average molecular weight is 387 g/mol. The lowest BCUT2D eigenvalue weighted by Gasteiger charge is -2.57. The molecular weight excluding hydrogens is 358 g/mol. The van der Waals surface area contributed by atoms with Gasteiger partial charge in [-0.25, -0.2) is 0 Å². The predicted molar refractivity (Wildman–Crippen MR) is 104 cm³/mol. The fourth-order valence-corrected chi connectivity index (χ4v) is 5.81. The number of ether oxygens (including phenoxy) is 2. The number of Topliss-reactive ketones (excluding diaryl/α,β-unsaturated/α-hetero) is 1. The van der Waals surface area contributed by atoms with Gasteiger partial charge in [0.2, 0.25) is 0 Å². The third-order valence-corrected chi connectivity index (χ3v) is 7.03. The molecule has 4 aliphatic rings. The second-order valence-electron chi connectivity index (χ2n) is 8.53. The van der Waals surface area contributed by atoms with Crippen LogP contribution in [0, 0.1) is 5.92 Å². The summed E-state index contributed by atoms with van der Waals surface area (Å²) in [4.78, 5) is 24.6. The van der Waals surface area contributed by atoms with E-state index in [2.05, 4.69) is 18.0 Å². The average Bonchev–Trinajstić information content (AvgIpc) is 3.02. The van der Waals surface area contributed by atoms with Crippen LogP contribution in [-0.4, -0.2) is 61.0 Å². The van der Waals surface area contributed by atoms with E-state index in [9.17, 15) is 9.59 Å². The van der Waals surface area contributed by atoms with Crippen molar-refractivity contribution in [2.24, 2.45) is 5.92 Å². The summed E-state index contributed by atoms with van der Waals surface area (Å²) in [5, 5.41) is 8.32. The molecule has 5 rings (SSSR count). The van der Waals surface area contributed by atoms with Gasteiger partial charge in [0, 0.05) is 29.9 Å². The minimum absolute atomic E-state index is 0.0933. The van der Waals surface area contributed by atoms with Crippen molar-refractivity contribution < 1.29 is 24.2 Å². The van der Waals surface area contributed by atoms with Crippen molar-refractivity contribution in [3.8, 4) is 11.5 Å². The van der Waals surface area contributed by atoms with Crippen molar-refractivity contribution in [2.75, 3.05) is 20.7 Å². The van der Waals surface area contributed by atoms with E-state index in [1.165, 1.54) is 11.1 Å². The van der Waals surface area contributed by atoms with Crippen molar-refractivity contribution in [3.63, 3.8) is 0 Å². The van der Waals surface area contributed by atoms with Crippen LogP contribution in [0.4, 0.5) is 0 Å². The topological polar surface area (TPSA) is 76.1 Å². The molecule has 6 heteroatoms. The molecule has 2 aliphatic heterocycles. The SMILES string of the molecule is CC(O)CC=O.COc1ccc2c3c1O[C@H]1C(=O)CC[C@H]4[C@@H](C2)N(C)CC[C@]314. The van der Waals surface area contributed by atoms with Crippen LogP contribution in [0.5, 0.6) is 11.5 Å². The number of carbonyl (C=O) groups is 2. The molecular formula is C22H29NO5. The number of aliphatic hydroxyl groups is 1. The Kier molecular flexibility index (Phi) is 4.96. The van der Waals surface area contributed by atoms with E-state index in [1.54, 1.807) is 14.0 Å². The minimum Gasteiger partial charge on any atom is -0.493 e. The number of carbonyl (C=O) groups excluding carboxylic acids is 2. The number of aliphatic hydroxyl groups excluding tert-OH is 1. The van der Waals surface area contributed by atoms with Crippen LogP contribution in [0.1, 0.15) is 43.7 Å². The first-order valence-electron chi connectivity index (χ1n) is 10.2. The van der Waals surface area contributed by atoms with E-state index < -0.39 is 6.10 Å². The Morgan fingerprint density at radius 1 is 1.46 bits per heavy atom. The first-order valence-corrected chi connectivity index (χ1v) is 10.2. The number of likely N-dealkylation sites (tertiary alicyclic amines) is 1. The fourth-order valence-electron chi connectivity index (χ4n) is 5.81. The van der Waals surface area contributed by atoms with Crippen molar-refractivity contribution in [1.82, 2.24) is 4.90 Å². The van der Waals surface area contributed by atoms with Crippen LogP contribution in [0.25, 0.3) is 0 Å². The lowest BCUT2D eigenvalue weighted by atomic mass is 9.52. The number of benzene rings is 1. The van der Waals surface area contributed by atoms with Gasteiger partial charge < -0.3 is 24.3 Å². The lowest BCUT2D eigenvalue weighted by molar-refractivity contribution is -0.138. The molecule has 0 amide bonds. The number of rotatable bonds is 3. The number of methoxy groups -OCH3 is 1. The third-order valence-electron chi connectivity index (χ3n) is 7.03. The molecule has 1 saturated carbocycles. The van der Waals surface area contributed by atoms with Gasteiger partial charge in [-0.2, -0.15) is 0 Å². The molecule has 1 aromatic rings. The number of piperidine rings is 1. The molecule has 2 fully saturated rings. The van der Waals surface area contributed by atoms with Crippen LogP contribution in [-0.2, 0) is 21.4 Å². The normalized spacial score (nSPS) is 33.1. The minimum atomic E-state index is -0.470. The molecule has 2 aliphatic carbocycles. The van der Waals surface area contributed by atoms with E-state index >= 15 is 0 Å². The summed E-state index contributed by atoms with van der Waals surface area (Å²) in [5.74, 6) is 2.46. The first-order chi connectivity index (χ1) is 13.4. The van der Waals surface area contributed by atoms with Crippen molar-refractivity contribution in [2.45, 2.75) is 62.7 Å². The number of hydrogen-bond acceptors (Lipinski definition) is 6. The molecule has 1 N–H and O–H groups in total. The van der Waals surface area contributed by atoms with Gasteiger partial charge in [-0.1, -0.05) is 6.07 Å². The molecule has 2 bridgehead atoms. The van der Waals surface area contributed by atoms with Gasteiger partial charge in [0.05, 0.1) is 13.2 Å². The van der Waals surface area contributed by atoms with Crippen LogP contribution in [0.3, 0.4) is 0 Å². The summed E-state index contributed by atoms with van der Waals surface area (Å²) in [6, 6.07) is 4.73. The molecule has 1 aromatic carbocycles. The Balaban J connectivity index is 0.000000283. The number of aldehydes is 1. The van der Waals surface area contributed by atoms with Crippen molar-refractivity contribution in [3.05, 3.63) is 23.3 Å². The van der Waals surface area contributed by atoms with Gasteiger partial charge in [0.15, 0.2) is 23.4 Å². The Morgan fingerprint density at radius 3 is 2.89 bits per heavy atom. The van der Waals surface area contributed by atoms with Crippen LogP contribution >= 0.6 is 0 Å². The second-order valence-corrected chi connectivity index (χ2v) is 8.53. The van der Waals surface area contributed by atoms with Crippen molar-refractivity contribution in [1.29, 1.82) is 0 Å². The van der Waals surface area contributed by atoms with Crippen LogP contribution in [0.15, 0.2) is 12.1 Å². The quantitative estimate of drug-likeness (QED) is 0.799. The highest BCUT2D eigenvalue weighted by Gasteiger charge is 2.65. The van der Waals surface area contributed by atoms with Crippen LogP contribution in [0.2, 0.25) is 0 Å². The predicted octanol–water partition coefficient (Wildman–Crippen LogP) is 1.89. The zero-order valence-electron chi connectivity index (χ0n) is 16.8. The third kappa shape index (κ3) is 2.69. The summed E-state index contributed by atoms with van der Waals surface area (Å²) < 4.78 is 11.8. The summed E-state index contributed by atoms with van der Waals surface area (Å²) in [7, 11) is 3.91. The van der Waals surface area contributed by atoms with E-state index in [4.69, 9.17) is 14.6 Å². The summed E-state index contributed by atoms with van der Waals surface area (Å²) in [6.45, 7) is 2.62. The van der Waals surface area contributed by atoms with E-state index in [0.29, 0.717) is 24.7 Å². The molecule has 0 radical (unpaired) electrons. The maximum absolute atomic E-state index is 12.6. The Labute approximate surface area is 165 Å². The van der Waals surface area contributed by atoms with Gasteiger partial charge >= 0.3 is 0 Å². The highest BCUT2D eigenvalue weighted by molar-refractivity contribution is 5.89. The number of ketones is 1. The smallest absolute Gasteiger partial charge is 0.174 e. The molecule has 152 valence electrons. The van der Waals surface area contributed by atoms with E-state index in [-0.39, 0.29) is 23.7 Å².